The lowest BCUT2D eigenvalue weighted by atomic mass is 10.3. The maximum atomic E-state index is 11.3. The number of carboxylic acids is 1. The molecule has 0 unspecified atom stereocenters. The second kappa shape index (κ2) is 5.59. The molecule has 0 aliphatic rings. The van der Waals surface area contributed by atoms with Crippen LogP contribution in [0.1, 0.15) is 24.2 Å². The first kappa shape index (κ1) is 12.6. The van der Waals surface area contributed by atoms with E-state index >= 15 is 0 Å². The molecule has 0 bridgehead atoms. The number of nitrogens with zero attached hydrogens (tertiary/aromatic N) is 3. The molecule has 2 rings (SSSR count). The molecular weight excluding hydrogens is 224 g/mol. The zero-order chi connectivity index (χ0) is 12.8. The average Bonchev–Trinajstić information content (AvgIpc) is 2.84. The molecule has 90 valence electrons. The third-order valence-electron chi connectivity index (χ3n) is 1.74. The van der Waals surface area contributed by atoms with Crippen LogP contribution in [0.3, 0.4) is 0 Å². The summed E-state index contributed by atoms with van der Waals surface area (Å²) in [5, 5.41) is 12.4. The van der Waals surface area contributed by atoms with Gasteiger partial charge < -0.3 is 5.11 Å². The molecule has 0 aromatic carbocycles. The summed E-state index contributed by atoms with van der Waals surface area (Å²) in [5.74, 6) is -1.13. The zero-order valence-corrected chi connectivity index (χ0v) is 9.41. The van der Waals surface area contributed by atoms with Crippen molar-refractivity contribution in [2.45, 2.75) is 13.8 Å². The van der Waals surface area contributed by atoms with Gasteiger partial charge in [0.2, 0.25) is 5.95 Å². The van der Waals surface area contributed by atoms with Crippen molar-refractivity contribution in [3.63, 3.8) is 0 Å². The first-order valence-corrected chi connectivity index (χ1v) is 5.01. The molecule has 0 saturated carbocycles. The van der Waals surface area contributed by atoms with Gasteiger partial charge in [0.05, 0.1) is 6.20 Å². The van der Waals surface area contributed by atoms with E-state index in [9.17, 15) is 9.59 Å². The summed E-state index contributed by atoms with van der Waals surface area (Å²) in [4.78, 5) is 27.9. The van der Waals surface area contributed by atoms with E-state index < -0.39 is 17.1 Å². The summed E-state index contributed by atoms with van der Waals surface area (Å²) in [6, 6.07) is 1.66. The molecule has 0 saturated heterocycles. The molecule has 0 aliphatic heterocycles. The number of aromatic carboxylic acids is 1. The molecule has 0 spiro atoms. The van der Waals surface area contributed by atoms with Crippen molar-refractivity contribution in [3.8, 4) is 5.95 Å². The van der Waals surface area contributed by atoms with Crippen LogP contribution in [0.4, 0.5) is 0 Å². The number of rotatable bonds is 2. The van der Waals surface area contributed by atoms with Crippen LogP contribution in [0.5, 0.6) is 0 Å². The van der Waals surface area contributed by atoms with Gasteiger partial charge in [-0.2, -0.15) is 5.10 Å². The van der Waals surface area contributed by atoms with Crippen LogP contribution in [0.15, 0.2) is 29.5 Å². The van der Waals surface area contributed by atoms with Crippen molar-refractivity contribution >= 4 is 5.97 Å². The summed E-state index contributed by atoms with van der Waals surface area (Å²) in [6.45, 7) is 4.00. The predicted molar refractivity (Wildman–Crippen MR) is 60.3 cm³/mol. The van der Waals surface area contributed by atoms with Gasteiger partial charge in [-0.25, -0.2) is 14.5 Å². The molecule has 0 fully saturated rings. The third-order valence-corrected chi connectivity index (χ3v) is 1.74. The van der Waals surface area contributed by atoms with Crippen LogP contribution in [0, 0.1) is 0 Å². The van der Waals surface area contributed by atoms with E-state index in [0.29, 0.717) is 0 Å². The van der Waals surface area contributed by atoms with Gasteiger partial charge in [0, 0.05) is 12.4 Å². The number of hydrogen-bond acceptors (Lipinski definition) is 4. The van der Waals surface area contributed by atoms with E-state index in [1.807, 2.05) is 13.8 Å². The minimum atomic E-state index is -1.31. The van der Waals surface area contributed by atoms with Gasteiger partial charge in [0.25, 0.3) is 5.56 Å². The molecule has 0 radical (unpaired) electrons. The minimum absolute atomic E-state index is 0.176. The number of hydrogen-bond donors (Lipinski definition) is 2. The maximum Gasteiger partial charge on any atom is 0.342 e. The Labute approximate surface area is 96.8 Å². The molecule has 2 heterocycles. The highest BCUT2D eigenvalue weighted by Gasteiger charge is 2.10. The maximum absolute atomic E-state index is 11.3. The van der Waals surface area contributed by atoms with E-state index in [1.54, 1.807) is 12.3 Å². The number of carbonyl (C=O) groups is 1. The van der Waals surface area contributed by atoms with E-state index in [-0.39, 0.29) is 5.95 Å². The van der Waals surface area contributed by atoms with Gasteiger partial charge in [0.15, 0.2) is 0 Å². The lowest BCUT2D eigenvalue weighted by Crippen LogP contribution is -2.20. The van der Waals surface area contributed by atoms with Crippen molar-refractivity contribution in [2.24, 2.45) is 0 Å². The van der Waals surface area contributed by atoms with Crippen molar-refractivity contribution in [1.29, 1.82) is 0 Å². The Balaban J connectivity index is 0.000000686. The summed E-state index contributed by atoms with van der Waals surface area (Å²) < 4.78 is 1.33. The molecule has 7 nitrogen and oxygen atoms in total. The molecule has 7 heteroatoms. The van der Waals surface area contributed by atoms with E-state index in [2.05, 4.69) is 15.1 Å². The molecule has 17 heavy (non-hydrogen) atoms. The van der Waals surface area contributed by atoms with Crippen LogP contribution in [-0.4, -0.2) is 30.8 Å². The fourth-order valence-corrected chi connectivity index (χ4v) is 1.05. The largest absolute Gasteiger partial charge is 0.477 e. The lowest BCUT2D eigenvalue weighted by molar-refractivity contribution is 0.0694. The number of nitrogens with one attached hydrogen (secondary N) is 1. The Morgan fingerprint density at radius 1 is 1.47 bits per heavy atom. The average molecular weight is 236 g/mol. The molecular formula is C10H12N4O3. The Kier molecular flexibility index (Phi) is 4.15. The van der Waals surface area contributed by atoms with Gasteiger partial charge in [-0.3, -0.25) is 9.78 Å². The zero-order valence-electron chi connectivity index (χ0n) is 9.41. The predicted octanol–water partition coefficient (Wildman–Crippen LogP) is 0.680. The monoisotopic (exact) mass is 236 g/mol. The van der Waals surface area contributed by atoms with Crippen molar-refractivity contribution in [1.82, 2.24) is 19.7 Å². The van der Waals surface area contributed by atoms with Crippen LogP contribution in [-0.2, 0) is 0 Å². The van der Waals surface area contributed by atoms with Gasteiger partial charge >= 0.3 is 5.97 Å². The smallest absolute Gasteiger partial charge is 0.342 e. The standard InChI is InChI=1S/C8H6N4O3.C2H6/c13-6-5(7(14)15)4-9-8(11-6)12-3-1-2-10-12;1-2/h1-4H,(H,14,15)(H,9,11,13);1-2H3. The van der Waals surface area contributed by atoms with Crippen molar-refractivity contribution in [2.75, 3.05) is 0 Å². The second-order valence-electron chi connectivity index (χ2n) is 2.71. The third kappa shape index (κ3) is 2.77. The summed E-state index contributed by atoms with van der Waals surface area (Å²) in [7, 11) is 0. The van der Waals surface area contributed by atoms with E-state index in [1.165, 1.54) is 10.9 Å². The van der Waals surface area contributed by atoms with Gasteiger partial charge in [0.1, 0.15) is 5.56 Å². The highest BCUT2D eigenvalue weighted by atomic mass is 16.4. The normalized spacial score (nSPS) is 9.29. The molecule has 2 aromatic rings. The van der Waals surface area contributed by atoms with E-state index in [4.69, 9.17) is 5.11 Å². The molecule has 0 aliphatic carbocycles. The van der Waals surface area contributed by atoms with Crippen molar-refractivity contribution in [3.05, 3.63) is 40.6 Å². The summed E-state index contributed by atoms with van der Waals surface area (Å²) >= 11 is 0. The molecule has 2 N–H and O–H groups in total. The highest BCUT2D eigenvalue weighted by Crippen LogP contribution is 1.95. The number of aromatic nitrogens is 4. The summed E-state index contributed by atoms with van der Waals surface area (Å²) in [5.41, 5.74) is -1.10. The first-order valence-electron chi connectivity index (χ1n) is 5.01. The lowest BCUT2D eigenvalue weighted by Gasteiger charge is -1.99. The fraction of sp³-hybridized carbons (Fsp3) is 0.200. The van der Waals surface area contributed by atoms with Crippen molar-refractivity contribution < 1.29 is 9.90 Å². The second-order valence-corrected chi connectivity index (χ2v) is 2.71. The quantitative estimate of drug-likeness (QED) is 0.798. The van der Waals surface area contributed by atoms with Gasteiger partial charge in [-0.1, -0.05) is 13.8 Å². The minimum Gasteiger partial charge on any atom is -0.477 e. The van der Waals surface area contributed by atoms with Crippen LogP contribution in [0.25, 0.3) is 5.95 Å². The Hall–Kier alpha value is -2.44. The van der Waals surface area contributed by atoms with E-state index in [0.717, 1.165) is 6.20 Å². The molecule has 0 amide bonds. The van der Waals surface area contributed by atoms with Crippen LogP contribution in [0.2, 0.25) is 0 Å². The molecule has 2 aromatic heterocycles. The Morgan fingerprint density at radius 3 is 2.65 bits per heavy atom. The van der Waals surface area contributed by atoms with Gasteiger partial charge in [-0.15, -0.1) is 0 Å². The topological polar surface area (TPSA) is 101 Å². The molecule has 0 atom stereocenters. The summed E-state index contributed by atoms with van der Waals surface area (Å²) in [6.07, 6.45) is 4.10. The Bertz CT molecular complexity index is 545. The fourth-order valence-electron chi connectivity index (χ4n) is 1.05. The SMILES string of the molecule is CC.O=C(O)c1cnc(-n2cccn2)[nH]c1=O. The Morgan fingerprint density at radius 2 is 2.18 bits per heavy atom. The number of H-pyrrole nitrogens is 1. The number of aromatic amines is 1. The van der Waals surface area contributed by atoms with Gasteiger partial charge in [-0.05, 0) is 6.07 Å². The number of carboxylic acid groups (broad SMARTS) is 1. The highest BCUT2D eigenvalue weighted by molar-refractivity contribution is 5.86. The first-order chi connectivity index (χ1) is 8.18. The van der Waals surface area contributed by atoms with Crippen LogP contribution < -0.4 is 5.56 Å². The van der Waals surface area contributed by atoms with Crippen LogP contribution >= 0.6 is 0 Å².